The van der Waals surface area contributed by atoms with Crippen LogP contribution in [0.5, 0.6) is 0 Å². The van der Waals surface area contributed by atoms with E-state index in [0.29, 0.717) is 0 Å². The molecule has 0 amide bonds. The van der Waals surface area contributed by atoms with Crippen molar-refractivity contribution in [3.05, 3.63) is 40.5 Å². The van der Waals surface area contributed by atoms with Gasteiger partial charge in [0.2, 0.25) is 0 Å². The van der Waals surface area contributed by atoms with Crippen molar-refractivity contribution < 1.29 is 0 Å². The van der Waals surface area contributed by atoms with Gasteiger partial charge in [-0.1, -0.05) is 115 Å². The Kier molecular flexibility index (Phi) is 7.64. The molecule has 0 aliphatic heterocycles. The summed E-state index contributed by atoms with van der Waals surface area (Å²) in [6, 6.07) is 4.76. The molecule has 2 aliphatic rings. The van der Waals surface area contributed by atoms with Gasteiger partial charge in [-0.25, -0.2) is 0 Å². The topological polar surface area (TPSA) is 0 Å². The first-order chi connectivity index (χ1) is 12.4. The monoisotopic (exact) mass is 338 g/mol. The molecule has 0 heterocycles. The molecule has 3 rings (SSSR count). The molecule has 138 valence electrons. The van der Waals surface area contributed by atoms with Crippen molar-refractivity contribution in [1.29, 1.82) is 0 Å². The van der Waals surface area contributed by atoms with Crippen molar-refractivity contribution in [2.75, 3.05) is 0 Å². The zero-order valence-electron chi connectivity index (χ0n) is 16.5. The molecule has 0 spiro atoms. The third-order valence-corrected chi connectivity index (χ3v) is 6.27. The Labute approximate surface area is 156 Å². The molecule has 1 unspecified atom stereocenters. The molecule has 0 fully saturated rings. The molecule has 1 atom stereocenters. The summed E-state index contributed by atoms with van der Waals surface area (Å²) in [5.74, 6) is 0.819. The van der Waals surface area contributed by atoms with E-state index in [-0.39, 0.29) is 0 Å². The van der Waals surface area contributed by atoms with Crippen LogP contribution in [0.15, 0.2) is 18.2 Å². The molecule has 0 radical (unpaired) electrons. The van der Waals surface area contributed by atoms with E-state index in [0.717, 1.165) is 12.3 Å². The lowest BCUT2D eigenvalue weighted by Crippen LogP contribution is -1.84. The van der Waals surface area contributed by atoms with Crippen molar-refractivity contribution in [1.82, 2.24) is 0 Å². The summed E-state index contributed by atoms with van der Waals surface area (Å²) in [6.45, 7) is 2.30. The molecular weight excluding hydrogens is 300 g/mol. The maximum Gasteiger partial charge on any atom is 0.0101 e. The number of benzene rings is 1. The fourth-order valence-electron chi connectivity index (χ4n) is 4.64. The van der Waals surface area contributed by atoms with Crippen LogP contribution in [-0.2, 0) is 6.42 Å². The van der Waals surface area contributed by atoms with E-state index in [4.69, 9.17) is 0 Å². The van der Waals surface area contributed by atoms with E-state index in [9.17, 15) is 0 Å². The van der Waals surface area contributed by atoms with Crippen LogP contribution < -0.4 is 0 Å². The van der Waals surface area contributed by atoms with Crippen molar-refractivity contribution >= 4 is 6.08 Å². The lowest BCUT2D eigenvalue weighted by atomic mass is 10.0. The third-order valence-electron chi connectivity index (χ3n) is 6.27. The molecule has 0 bridgehead atoms. The summed E-state index contributed by atoms with van der Waals surface area (Å²) < 4.78 is 0. The predicted octanol–water partition coefficient (Wildman–Crippen LogP) is 8.18. The lowest BCUT2D eigenvalue weighted by Gasteiger charge is -2.03. The zero-order valence-corrected chi connectivity index (χ0v) is 16.5. The van der Waals surface area contributed by atoms with Crippen LogP contribution >= 0.6 is 0 Å². The van der Waals surface area contributed by atoms with E-state index in [1.54, 1.807) is 22.3 Å². The third kappa shape index (κ3) is 5.47. The van der Waals surface area contributed by atoms with Crippen LogP contribution in [0.1, 0.15) is 125 Å². The van der Waals surface area contributed by atoms with E-state index < -0.39 is 0 Å². The average Bonchev–Trinajstić information content (AvgIpc) is 3.11. The molecule has 0 heteroatoms. The van der Waals surface area contributed by atoms with E-state index >= 15 is 0 Å². The molecular formula is C25H38. The van der Waals surface area contributed by atoms with Gasteiger partial charge in [-0.05, 0) is 35.1 Å². The molecule has 1 aromatic rings. The smallest absolute Gasteiger partial charge is 0.0101 e. The minimum atomic E-state index is 0.819. The van der Waals surface area contributed by atoms with Gasteiger partial charge in [-0.2, -0.15) is 0 Å². The van der Waals surface area contributed by atoms with Crippen LogP contribution in [0.25, 0.3) is 6.08 Å². The van der Waals surface area contributed by atoms with Gasteiger partial charge in [0, 0.05) is 5.92 Å². The highest BCUT2D eigenvalue weighted by Gasteiger charge is 2.35. The molecule has 0 saturated heterocycles. The summed E-state index contributed by atoms with van der Waals surface area (Å²) >= 11 is 0. The predicted molar refractivity (Wildman–Crippen MR) is 111 cm³/mol. The summed E-state index contributed by atoms with van der Waals surface area (Å²) in [4.78, 5) is 0. The van der Waals surface area contributed by atoms with Crippen LogP contribution in [0.2, 0.25) is 0 Å². The Bertz CT molecular complexity index is 551. The molecule has 2 aliphatic carbocycles. The standard InChI is InChI=1S/C25H38/c1-2-3-4-5-6-7-8-9-10-11-12-13-14-17-23-24-20-19-21-16-15-18-22(21)25(23)24/h15,18-20,23H,2-14,16-17H2,1H3. The molecule has 0 saturated carbocycles. The van der Waals surface area contributed by atoms with Crippen molar-refractivity contribution in [2.45, 2.75) is 109 Å². The summed E-state index contributed by atoms with van der Waals surface area (Å²) in [5, 5.41) is 0. The van der Waals surface area contributed by atoms with Crippen LogP contribution in [0.4, 0.5) is 0 Å². The van der Waals surface area contributed by atoms with Gasteiger partial charge in [0.1, 0.15) is 0 Å². The van der Waals surface area contributed by atoms with E-state index in [2.05, 4.69) is 31.2 Å². The highest BCUT2D eigenvalue weighted by atomic mass is 14.4. The lowest BCUT2D eigenvalue weighted by molar-refractivity contribution is 0.535. The summed E-state index contributed by atoms with van der Waals surface area (Å²) in [6.07, 6.45) is 26.1. The van der Waals surface area contributed by atoms with Gasteiger partial charge in [-0.15, -0.1) is 0 Å². The van der Waals surface area contributed by atoms with Crippen LogP contribution in [0.3, 0.4) is 0 Å². The number of hydrogen-bond acceptors (Lipinski definition) is 0. The van der Waals surface area contributed by atoms with Gasteiger partial charge >= 0.3 is 0 Å². The van der Waals surface area contributed by atoms with Crippen molar-refractivity contribution in [2.24, 2.45) is 0 Å². The second-order valence-electron chi connectivity index (χ2n) is 8.33. The zero-order chi connectivity index (χ0) is 17.3. The average molecular weight is 339 g/mol. The number of unbranched alkanes of at least 4 members (excludes halogenated alkanes) is 12. The van der Waals surface area contributed by atoms with Crippen molar-refractivity contribution in [3.8, 4) is 0 Å². The number of hydrogen-bond donors (Lipinski definition) is 0. The van der Waals surface area contributed by atoms with Gasteiger partial charge in [0.25, 0.3) is 0 Å². The second kappa shape index (κ2) is 10.2. The summed E-state index contributed by atoms with van der Waals surface area (Å²) in [7, 11) is 0. The van der Waals surface area contributed by atoms with Crippen LogP contribution in [-0.4, -0.2) is 0 Å². The molecule has 25 heavy (non-hydrogen) atoms. The minimum absolute atomic E-state index is 0.819. The number of fused-ring (bicyclic) bond motifs is 3. The molecule has 0 nitrogen and oxygen atoms in total. The van der Waals surface area contributed by atoms with Gasteiger partial charge in [0.05, 0.1) is 0 Å². The maximum absolute atomic E-state index is 2.40. The summed E-state index contributed by atoms with van der Waals surface area (Å²) in [5.41, 5.74) is 6.50. The Morgan fingerprint density at radius 3 is 2.00 bits per heavy atom. The maximum atomic E-state index is 2.40. The van der Waals surface area contributed by atoms with Crippen molar-refractivity contribution in [3.63, 3.8) is 0 Å². The quantitative estimate of drug-likeness (QED) is 0.300. The minimum Gasteiger partial charge on any atom is -0.0795 e. The first-order valence-corrected chi connectivity index (χ1v) is 11.2. The Balaban J connectivity index is 1.13. The molecule has 0 aromatic heterocycles. The largest absolute Gasteiger partial charge is 0.0795 e. The van der Waals surface area contributed by atoms with Gasteiger partial charge in [0.15, 0.2) is 0 Å². The number of rotatable bonds is 14. The first-order valence-electron chi connectivity index (χ1n) is 11.2. The highest BCUT2D eigenvalue weighted by Crippen LogP contribution is 2.51. The Morgan fingerprint density at radius 1 is 0.760 bits per heavy atom. The normalized spacial score (nSPS) is 16.9. The van der Waals surface area contributed by atoms with Gasteiger partial charge < -0.3 is 0 Å². The Hall–Kier alpha value is -1.04. The highest BCUT2D eigenvalue weighted by molar-refractivity contribution is 5.73. The molecule has 0 N–H and O–H groups in total. The first kappa shape index (κ1) is 18.7. The fourth-order valence-corrected chi connectivity index (χ4v) is 4.64. The van der Waals surface area contributed by atoms with Crippen LogP contribution in [0, 0.1) is 0 Å². The molecule has 1 aromatic carbocycles. The number of allylic oxidation sites excluding steroid dienone is 1. The van der Waals surface area contributed by atoms with Gasteiger partial charge in [-0.3, -0.25) is 0 Å². The fraction of sp³-hybridized carbons (Fsp3) is 0.680. The Morgan fingerprint density at radius 2 is 1.36 bits per heavy atom. The SMILES string of the molecule is CCCCCCCCCCCCCCCC1c2ccc3c(c21)C=CC3. The van der Waals surface area contributed by atoms with E-state index in [1.165, 1.54) is 89.9 Å². The van der Waals surface area contributed by atoms with E-state index in [1.807, 2.05) is 0 Å². The second-order valence-corrected chi connectivity index (χ2v) is 8.33.